The zero-order valence-corrected chi connectivity index (χ0v) is 7.37. The van der Waals surface area contributed by atoms with Crippen molar-refractivity contribution in [3.05, 3.63) is 35.6 Å². The normalized spacial score (nSPS) is 15.2. The molecule has 3 nitrogen and oxygen atoms in total. The molecule has 1 aliphatic heterocycles. The van der Waals surface area contributed by atoms with Gasteiger partial charge in [-0.1, -0.05) is 12.1 Å². The number of hydrogen-bond acceptors (Lipinski definition) is 2. The van der Waals surface area contributed by atoms with Crippen molar-refractivity contribution in [2.75, 3.05) is 6.61 Å². The van der Waals surface area contributed by atoms with Crippen molar-refractivity contribution in [2.45, 2.75) is 6.42 Å². The molecule has 2 rings (SSSR count). The van der Waals surface area contributed by atoms with Gasteiger partial charge in [0.25, 0.3) is 5.91 Å². The highest BCUT2D eigenvalue weighted by Crippen LogP contribution is 2.07. The molecule has 0 atom stereocenters. The third-order valence-electron chi connectivity index (χ3n) is 1.88. The molecule has 0 N–H and O–H groups in total. The monoisotopic (exact) mass is 193 g/mol. The van der Waals surface area contributed by atoms with Gasteiger partial charge in [-0.25, -0.2) is 4.39 Å². The van der Waals surface area contributed by atoms with Crippen molar-refractivity contribution in [1.82, 2.24) is 0 Å². The first-order chi connectivity index (χ1) is 6.74. The summed E-state index contributed by atoms with van der Waals surface area (Å²) >= 11 is 0. The van der Waals surface area contributed by atoms with Gasteiger partial charge < -0.3 is 4.74 Å². The van der Waals surface area contributed by atoms with Crippen molar-refractivity contribution in [3.63, 3.8) is 0 Å². The Balaban J connectivity index is 2.08. The van der Waals surface area contributed by atoms with Crippen LogP contribution in [0.4, 0.5) is 4.39 Å². The lowest BCUT2D eigenvalue weighted by Crippen LogP contribution is -2.03. The van der Waals surface area contributed by atoms with Crippen LogP contribution in [0.25, 0.3) is 0 Å². The first-order valence-corrected chi connectivity index (χ1v) is 4.22. The maximum atomic E-state index is 12.5. The molecule has 0 radical (unpaired) electrons. The molecule has 0 unspecified atom stereocenters. The van der Waals surface area contributed by atoms with Crippen molar-refractivity contribution >= 4 is 11.8 Å². The second-order valence-corrected chi connectivity index (χ2v) is 2.99. The fourth-order valence-electron chi connectivity index (χ4n) is 1.22. The number of hydrogen-bond donors (Lipinski definition) is 0. The summed E-state index contributed by atoms with van der Waals surface area (Å²) in [6.07, 6.45) is 0.437. The Morgan fingerprint density at radius 2 is 2.07 bits per heavy atom. The largest absolute Gasteiger partial charge is 0.470 e. The third kappa shape index (κ3) is 1.96. The molecular weight excluding hydrogens is 185 g/mol. The molecule has 1 aromatic rings. The minimum atomic E-state index is -0.279. The highest BCUT2D eigenvalue weighted by molar-refractivity contribution is 5.98. The average Bonchev–Trinajstić information content (AvgIpc) is 2.56. The molecule has 1 heterocycles. The van der Waals surface area contributed by atoms with Gasteiger partial charge in [-0.3, -0.25) is 4.79 Å². The van der Waals surface area contributed by atoms with Gasteiger partial charge in [0, 0.05) is 6.42 Å². The summed E-state index contributed by atoms with van der Waals surface area (Å²) in [5.41, 5.74) is 0.875. The summed E-state index contributed by atoms with van der Waals surface area (Å²) < 4.78 is 17.6. The molecule has 0 aliphatic carbocycles. The van der Waals surface area contributed by atoms with E-state index in [9.17, 15) is 9.18 Å². The Kier molecular flexibility index (Phi) is 2.26. The lowest BCUT2D eigenvalue weighted by molar-refractivity contribution is -0.118. The van der Waals surface area contributed by atoms with Crippen LogP contribution in [0.3, 0.4) is 0 Å². The highest BCUT2D eigenvalue weighted by atomic mass is 19.1. The van der Waals surface area contributed by atoms with Crippen molar-refractivity contribution in [2.24, 2.45) is 4.99 Å². The fourth-order valence-corrected chi connectivity index (χ4v) is 1.22. The molecular formula is C10H8FNO2. The summed E-state index contributed by atoms with van der Waals surface area (Å²) in [5.74, 6) is -0.136. The summed E-state index contributed by atoms with van der Waals surface area (Å²) in [4.78, 5) is 14.4. The number of rotatable bonds is 2. The van der Waals surface area contributed by atoms with Crippen LogP contribution in [-0.4, -0.2) is 18.4 Å². The number of carbonyl (C=O) groups excluding carboxylic acids is 1. The molecule has 4 heteroatoms. The number of carbonyl (C=O) groups is 1. The molecule has 1 amide bonds. The van der Waals surface area contributed by atoms with Crippen molar-refractivity contribution in [1.29, 1.82) is 0 Å². The number of aliphatic imine (C=N–C) groups is 1. The number of benzene rings is 1. The van der Waals surface area contributed by atoms with Crippen molar-refractivity contribution in [3.8, 4) is 0 Å². The van der Waals surface area contributed by atoms with Crippen LogP contribution in [0.5, 0.6) is 0 Å². The molecule has 0 bridgehead atoms. The molecule has 0 aromatic heterocycles. The second-order valence-electron chi connectivity index (χ2n) is 2.99. The Labute approximate surface area is 80.2 Å². The second kappa shape index (κ2) is 3.57. The minimum absolute atomic E-state index is 0.0243. The fraction of sp³-hybridized carbons (Fsp3) is 0.200. The van der Waals surface area contributed by atoms with E-state index in [0.29, 0.717) is 12.3 Å². The van der Waals surface area contributed by atoms with Crippen molar-refractivity contribution < 1.29 is 13.9 Å². The van der Waals surface area contributed by atoms with E-state index in [0.717, 1.165) is 5.56 Å². The van der Waals surface area contributed by atoms with Gasteiger partial charge in [-0.2, -0.15) is 4.99 Å². The molecule has 0 fully saturated rings. The van der Waals surface area contributed by atoms with Gasteiger partial charge in [0.05, 0.1) is 0 Å². The number of ether oxygens (including phenoxy) is 1. The summed E-state index contributed by atoms with van der Waals surface area (Å²) in [6.45, 7) is 0.0243. The van der Waals surface area contributed by atoms with Crippen LogP contribution in [0.2, 0.25) is 0 Å². The summed E-state index contributed by atoms with van der Waals surface area (Å²) in [6, 6.07) is 6.02. The SMILES string of the molecule is O=C1COC(Cc2ccc(F)cc2)=N1. The lowest BCUT2D eigenvalue weighted by Gasteiger charge is -2.00. The quantitative estimate of drug-likeness (QED) is 0.710. The third-order valence-corrected chi connectivity index (χ3v) is 1.88. The summed E-state index contributed by atoms with van der Waals surface area (Å²) in [7, 11) is 0. The predicted octanol–water partition coefficient (Wildman–Crippen LogP) is 1.32. The van der Waals surface area contributed by atoms with E-state index >= 15 is 0 Å². The molecule has 0 saturated heterocycles. The van der Waals surface area contributed by atoms with E-state index in [2.05, 4.69) is 4.99 Å². The maximum absolute atomic E-state index is 12.5. The van der Waals surface area contributed by atoms with E-state index in [1.54, 1.807) is 12.1 Å². The number of halogens is 1. The Hall–Kier alpha value is -1.71. The first-order valence-electron chi connectivity index (χ1n) is 4.22. The first kappa shape index (κ1) is 8.87. The molecule has 1 aliphatic rings. The number of amides is 1. The van der Waals surface area contributed by atoms with Gasteiger partial charge in [0.15, 0.2) is 12.5 Å². The van der Waals surface area contributed by atoms with Crippen LogP contribution in [-0.2, 0) is 16.0 Å². The van der Waals surface area contributed by atoms with E-state index in [4.69, 9.17) is 4.74 Å². The molecule has 0 saturated carbocycles. The minimum Gasteiger partial charge on any atom is -0.470 e. The van der Waals surface area contributed by atoms with E-state index < -0.39 is 0 Å². The van der Waals surface area contributed by atoms with Crippen LogP contribution in [0, 0.1) is 5.82 Å². The lowest BCUT2D eigenvalue weighted by atomic mass is 10.1. The maximum Gasteiger partial charge on any atom is 0.286 e. The van der Waals surface area contributed by atoms with Gasteiger partial charge in [-0.15, -0.1) is 0 Å². The number of nitrogens with zero attached hydrogens (tertiary/aromatic N) is 1. The van der Waals surface area contributed by atoms with Gasteiger partial charge in [0.1, 0.15) is 5.82 Å². The molecule has 0 spiro atoms. The Bertz CT molecular complexity index is 384. The zero-order chi connectivity index (χ0) is 9.97. The Morgan fingerprint density at radius 3 is 2.64 bits per heavy atom. The van der Waals surface area contributed by atoms with E-state index in [1.807, 2.05) is 0 Å². The highest BCUT2D eigenvalue weighted by Gasteiger charge is 2.14. The average molecular weight is 193 g/mol. The molecule has 72 valence electrons. The summed E-state index contributed by atoms with van der Waals surface area (Å²) in [5, 5.41) is 0. The Morgan fingerprint density at radius 1 is 1.36 bits per heavy atom. The van der Waals surface area contributed by atoms with Gasteiger partial charge >= 0.3 is 0 Å². The van der Waals surface area contributed by atoms with Gasteiger partial charge in [-0.05, 0) is 17.7 Å². The van der Waals surface area contributed by atoms with Gasteiger partial charge in [0.2, 0.25) is 0 Å². The zero-order valence-electron chi connectivity index (χ0n) is 7.37. The smallest absolute Gasteiger partial charge is 0.286 e. The van der Waals surface area contributed by atoms with Crippen LogP contribution in [0.15, 0.2) is 29.3 Å². The standard InChI is InChI=1S/C10H8FNO2/c11-8-3-1-7(2-4-8)5-10-12-9(13)6-14-10/h1-4H,5-6H2. The topological polar surface area (TPSA) is 38.7 Å². The van der Waals surface area contributed by atoms with E-state index in [-0.39, 0.29) is 18.3 Å². The molecule has 14 heavy (non-hydrogen) atoms. The molecule has 1 aromatic carbocycles. The van der Waals surface area contributed by atoms with E-state index in [1.165, 1.54) is 12.1 Å². The van der Waals surface area contributed by atoms with Crippen LogP contribution in [0.1, 0.15) is 5.56 Å². The van der Waals surface area contributed by atoms with Crippen LogP contribution < -0.4 is 0 Å². The van der Waals surface area contributed by atoms with Crippen LogP contribution >= 0.6 is 0 Å². The predicted molar refractivity (Wildman–Crippen MR) is 48.5 cm³/mol.